The van der Waals surface area contributed by atoms with Gasteiger partial charge in [0, 0.05) is 36.2 Å². The first-order valence-corrected chi connectivity index (χ1v) is 13.5. The van der Waals surface area contributed by atoms with E-state index in [0.29, 0.717) is 29.2 Å². The summed E-state index contributed by atoms with van der Waals surface area (Å²) in [5.74, 6) is 1.45. The summed E-state index contributed by atoms with van der Waals surface area (Å²) in [5.41, 5.74) is 3.43. The average molecular weight is 471 g/mol. The van der Waals surface area contributed by atoms with Crippen molar-refractivity contribution in [1.29, 1.82) is 0 Å². The minimum absolute atomic E-state index is 0.00863. The first-order valence-electron chi connectivity index (χ1n) is 13.5. The second-order valence-corrected chi connectivity index (χ2v) is 12.7. The summed E-state index contributed by atoms with van der Waals surface area (Å²) in [4.78, 5) is 30.1. The topological polar surface area (TPSA) is 74.0 Å². The lowest BCUT2D eigenvalue weighted by Gasteiger charge is -2.71. The molecule has 3 aliphatic heterocycles. The lowest BCUT2D eigenvalue weighted by atomic mass is 9.37. The molecule has 4 heterocycles. The molecule has 2 aromatic rings. The summed E-state index contributed by atoms with van der Waals surface area (Å²) >= 11 is 0. The van der Waals surface area contributed by atoms with Crippen molar-refractivity contribution in [2.75, 3.05) is 13.1 Å². The molecule has 7 atom stereocenters. The van der Waals surface area contributed by atoms with Crippen LogP contribution in [-0.2, 0) is 11.8 Å². The lowest BCUT2D eigenvalue weighted by Crippen LogP contribution is -2.75. The fourth-order valence-corrected chi connectivity index (χ4v) is 11.2. The van der Waals surface area contributed by atoms with Crippen LogP contribution in [-0.4, -0.2) is 52.0 Å². The molecule has 8 aliphatic rings. The van der Waals surface area contributed by atoms with Crippen LogP contribution >= 0.6 is 0 Å². The van der Waals surface area contributed by atoms with Gasteiger partial charge in [-0.2, -0.15) is 0 Å². The van der Waals surface area contributed by atoms with E-state index in [1.807, 2.05) is 6.07 Å². The standard InChI is InChI=1S/C29H30N2O4/c32-19-6-4-16-10-22-28-12-21-24-25(29(28,20(16)11-19)8-9-30(22)18-2-1-3-18)27(21,14-28)15-31(24)26(34)17-5-7-23(33)35-13-17/h4-7,11,13,18,21-22,24-25,32H,1-3,8-10,12,14-15H2/t21?,22?,24-,25?,27?,28?,29?/m1/s1. The Morgan fingerprint density at radius 2 is 2.06 bits per heavy atom. The third-order valence-corrected chi connectivity index (χ3v) is 12.1. The summed E-state index contributed by atoms with van der Waals surface area (Å²) in [6.07, 6.45) is 10.1. The molecule has 6 unspecified atom stereocenters. The van der Waals surface area contributed by atoms with Gasteiger partial charge in [-0.1, -0.05) is 12.5 Å². The second-order valence-electron chi connectivity index (χ2n) is 12.7. The molecular weight excluding hydrogens is 440 g/mol. The summed E-state index contributed by atoms with van der Waals surface area (Å²) in [7, 11) is 0. The van der Waals surface area contributed by atoms with Gasteiger partial charge in [-0.3, -0.25) is 9.69 Å². The summed E-state index contributed by atoms with van der Waals surface area (Å²) in [6.45, 7) is 1.98. The Hall–Kier alpha value is -2.60. The van der Waals surface area contributed by atoms with Crippen LogP contribution in [0.1, 0.15) is 60.0 Å². The van der Waals surface area contributed by atoms with E-state index >= 15 is 0 Å². The number of hydrogen-bond acceptors (Lipinski definition) is 5. The van der Waals surface area contributed by atoms with Crippen molar-refractivity contribution in [2.24, 2.45) is 22.7 Å². The third-order valence-electron chi connectivity index (χ3n) is 12.1. The lowest BCUT2D eigenvalue weighted by molar-refractivity contribution is -0.162. The second kappa shape index (κ2) is 5.86. The number of phenols is 1. The van der Waals surface area contributed by atoms with Crippen LogP contribution in [0.3, 0.4) is 0 Å². The largest absolute Gasteiger partial charge is 0.508 e. The summed E-state index contributed by atoms with van der Waals surface area (Å²) < 4.78 is 5.04. The molecule has 1 amide bonds. The highest BCUT2D eigenvalue weighted by Crippen LogP contribution is 2.89. The van der Waals surface area contributed by atoms with E-state index in [-0.39, 0.29) is 28.2 Å². The molecule has 5 bridgehead atoms. The Morgan fingerprint density at radius 3 is 2.83 bits per heavy atom. The number of likely N-dealkylation sites (tertiary alicyclic amines) is 1. The molecule has 3 saturated heterocycles. The van der Waals surface area contributed by atoms with E-state index in [1.165, 1.54) is 55.6 Å². The fourth-order valence-electron chi connectivity index (χ4n) is 11.2. The number of aromatic hydroxyl groups is 1. The van der Waals surface area contributed by atoms with Gasteiger partial charge in [0.1, 0.15) is 12.0 Å². The first-order chi connectivity index (χ1) is 17.0. The van der Waals surface area contributed by atoms with Crippen LogP contribution < -0.4 is 5.63 Å². The van der Waals surface area contributed by atoms with E-state index in [2.05, 4.69) is 21.9 Å². The van der Waals surface area contributed by atoms with Crippen molar-refractivity contribution in [3.05, 3.63) is 63.7 Å². The molecule has 1 N–H and O–H groups in total. The zero-order valence-electron chi connectivity index (χ0n) is 19.8. The molecule has 10 rings (SSSR count). The first kappa shape index (κ1) is 19.6. The predicted molar refractivity (Wildman–Crippen MR) is 127 cm³/mol. The van der Waals surface area contributed by atoms with Crippen molar-refractivity contribution in [3.63, 3.8) is 0 Å². The number of fused-ring (bicyclic) bond motifs is 2. The van der Waals surface area contributed by atoms with Gasteiger partial charge >= 0.3 is 5.63 Å². The van der Waals surface area contributed by atoms with Gasteiger partial charge in [-0.05, 0) is 97.1 Å². The highest BCUT2D eigenvalue weighted by molar-refractivity contribution is 5.95. The van der Waals surface area contributed by atoms with Crippen LogP contribution in [0.25, 0.3) is 0 Å². The minimum Gasteiger partial charge on any atom is -0.508 e. The Bertz CT molecular complexity index is 1360. The van der Waals surface area contributed by atoms with Gasteiger partial charge in [0.05, 0.1) is 5.56 Å². The van der Waals surface area contributed by atoms with Crippen LogP contribution in [0.4, 0.5) is 0 Å². The average Bonchev–Trinajstić information content (AvgIpc) is 3.46. The monoisotopic (exact) mass is 470 g/mol. The van der Waals surface area contributed by atoms with Crippen LogP contribution in [0.5, 0.6) is 5.75 Å². The summed E-state index contributed by atoms with van der Waals surface area (Å²) in [5, 5.41) is 10.6. The number of carbonyl (C=O) groups is 1. The van der Waals surface area contributed by atoms with Gasteiger partial charge in [0.15, 0.2) is 0 Å². The van der Waals surface area contributed by atoms with Gasteiger partial charge < -0.3 is 14.4 Å². The highest BCUT2D eigenvalue weighted by atomic mass is 16.4. The molecular formula is C29H30N2O4. The molecule has 6 heteroatoms. The predicted octanol–water partition coefficient (Wildman–Crippen LogP) is 3.32. The van der Waals surface area contributed by atoms with Crippen molar-refractivity contribution < 1.29 is 14.3 Å². The maximum absolute atomic E-state index is 13.6. The van der Waals surface area contributed by atoms with Crippen LogP contribution in [0.15, 0.2) is 45.8 Å². The number of amides is 1. The summed E-state index contributed by atoms with van der Waals surface area (Å²) in [6, 6.07) is 10.7. The van der Waals surface area contributed by atoms with Gasteiger partial charge in [0.25, 0.3) is 5.91 Å². The minimum atomic E-state index is -0.423. The maximum atomic E-state index is 13.6. The number of hydrogen-bond donors (Lipinski definition) is 1. The molecule has 6 nitrogen and oxygen atoms in total. The molecule has 5 aliphatic carbocycles. The molecule has 7 fully saturated rings. The quantitative estimate of drug-likeness (QED) is 0.729. The normalized spacial score (nSPS) is 43.9. The Kier molecular flexibility index (Phi) is 3.27. The number of piperidine rings is 1. The van der Waals surface area contributed by atoms with E-state index in [1.54, 1.807) is 6.07 Å². The zero-order valence-corrected chi connectivity index (χ0v) is 19.8. The van der Waals surface area contributed by atoms with E-state index in [9.17, 15) is 14.7 Å². The zero-order chi connectivity index (χ0) is 23.3. The van der Waals surface area contributed by atoms with Crippen molar-refractivity contribution in [1.82, 2.24) is 9.80 Å². The smallest absolute Gasteiger partial charge is 0.335 e. The SMILES string of the molecule is O=C(c1ccc(=O)oc1)N1CC23CC45CC2[C@@H]1C3C41CCN(C2CCC2)C5Cc2ccc(O)cc21. The van der Waals surface area contributed by atoms with Crippen molar-refractivity contribution >= 4 is 5.91 Å². The molecule has 0 radical (unpaired) electrons. The molecule has 180 valence electrons. The number of rotatable bonds is 2. The highest BCUT2D eigenvalue weighted by Gasteiger charge is 2.91. The molecule has 35 heavy (non-hydrogen) atoms. The number of carbonyl (C=O) groups excluding carboxylic acids is 1. The van der Waals surface area contributed by atoms with Crippen LogP contribution in [0.2, 0.25) is 0 Å². The third kappa shape index (κ3) is 1.90. The van der Waals surface area contributed by atoms with E-state index in [0.717, 1.165) is 32.0 Å². The van der Waals surface area contributed by atoms with E-state index in [4.69, 9.17) is 4.42 Å². The maximum Gasteiger partial charge on any atom is 0.335 e. The van der Waals surface area contributed by atoms with Crippen molar-refractivity contribution in [2.45, 2.75) is 68.5 Å². The Morgan fingerprint density at radius 1 is 1.17 bits per heavy atom. The Labute approximate surface area is 203 Å². The number of benzene rings is 1. The number of nitrogens with zero attached hydrogens (tertiary/aromatic N) is 2. The molecule has 1 aromatic carbocycles. The molecule has 1 aromatic heterocycles. The Balaban J connectivity index is 1.19. The van der Waals surface area contributed by atoms with Gasteiger partial charge in [-0.15, -0.1) is 0 Å². The molecule has 4 saturated carbocycles. The molecule has 2 spiro atoms. The number of phenolic OH excluding ortho intramolecular Hbond substituents is 1. The van der Waals surface area contributed by atoms with Gasteiger partial charge in [0.2, 0.25) is 0 Å². The van der Waals surface area contributed by atoms with Crippen molar-refractivity contribution in [3.8, 4) is 5.75 Å². The fraction of sp³-hybridized carbons (Fsp3) is 0.586. The van der Waals surface area contributed by atoms with E-state index < -0.39 is 5.63 Å². The van der Waals surface area contributed by atoms with Gasteiger partial charge in [-0.25, -0.2) is 4.79 Å². The van der Waals surface area contributed by atoms with Crippen LogP contribution in [0, 0.1) is 22.7 Å².